The maximum Gasteiger partial charge on any atom is 0.319 e. The number of nitrogens with one attached hydrogen (secondary N) is 3. The van der Waals surface area contributed by atoms with Crippen molar-refractivity contribution in [1.82, 2.24) is 5.32 Å². The number of amides is 3. The molecule has 1 aromatic rings. The molecule has 2 atom stereocenters. The van der Waals surface area contributed by atoms with E-state index in [2.05, 4.69) is 16.0 Å². The Bertz CT molecular complexity index is 637. The molecule has 4 N–H and O–H groups in total. The molecule has 1 saturated carbocycles. The zero-order valence-corrected chi connectivity index (χ0v) is 13.2. The minimum absolute atomic E-state index is 0.0749. The molecule has 0 spiro atoms. The van der Waals surface area contributed by atoms with Gasteiger partial charge < -0.3 is 25.8 Å². The number of aliphatic hydroxyl groups is 1. The lowest BCUT2D eigenvalue weighted by Crippen LogP contribution is -2.46. The number of rotatable bonds is 2. The number of hydrogen-bond acceptors (Lipinski definition) is 4. The molecule has 0 saturated heterocycles. The van der Waals surface area contributed by atoms with Gasteiger partial charge in [-0.3, -0.25) is 4.79 Å². The summed E-state index contributed by atoms with van der Waals surface area (Å²) >= 11 is 6.13. The van der Waals surface area contributed by atoms with Gasteiger partial charge in [0, 0.05) is 6.07 Å². The van der Waals surface area contributed by atoms with Crippen LogP contribution in [0, 0.1) is 0 Å². The molecule has 0 aromatic heterocycles. The molecule has 1 aromatic carbocycles. The number of carbonyl (C=O) groups excluding carboxylic acids is 2. The summed E-state index contributed by atoms with van der Waals surface area (Å²) in [6, 6.07) is 2.40. The molecule has 0 radical (unpaired) electrons. The molecule has 3 rings (SSSR count). The molecule has 23 heavy (non-hydrogen) atoms. The van der Waals surface area contributed by atoms with Gasteiger partial charge in [0.1, 0.15) is 5.75 Å². The zero-order chi connectivity index (χ0) is 16.4. The standard InChI is InChI=1S/C15H18ClN3O4/c16-8-5-11-13(23-7-14(21)17-11)6-10(8)19-15(22)18-9-3-1-2-4-12(9)20/h5-6,9,12,20H,1-4,7H2,(H,17,21)(H2,18,19,22). The molecule has 1 heterocycles. The van der Waals surface area contributed by atoms with Gasteiger partial charge in [-0.15, -0.1) is 0 Å². The van der Waals surface area contributed by atoms with Crippen LogP contribution in [0.25, 0.3) is 0 Å². The molecule has 7 nitrogen and oxygen atoms in total. The van der Waals surface area contributed by atoms with Crippen molar-refractivity contribution in [3.05, 3.63) is 17.2 Å². The zero-order valence-electron chi connectivity index (χ0n) is 12.4. The molecular formula is C15H18ClN3O4. The average molecular weight is 340 g/mol. The summed E-state index contributed by atoms with van der Waals surface area (Å²) in [5.74, 6) is 0.195. The van der Waals surface area contributed by atoms with Crippen LogP contribution in [0.3, 0.4) is 0 Å². The molecule has 1 aliphatic heterocycles. The van der Waals surface area contributed by atoms with Crippen LogP contribution in [0.5, 0.6) is 5.75 Å². The Balaban J connectivity index is 1.67. The van der Waals surface area contributed by atoms with Crippen molar-refractivity contribution in [2.24, 2.45) is 0 Å². The highest BCUT2D eigenvalue weighted by molar-refractivity contribution is 6.34. The minimum atomic E-state index is -0.521. The van der Waals surface area contributed by atoms with Crippen molar-refractivity contribution in [1.29, 1.82) is 0 Å². The smallest absolute Gasteiger partial charge is 0.319 e. The van der Waals surface area contributed by atoms with E-state index in [-0.39, 0.29) is 23.6 Å². The molecule has 3 amide bonds. The number of carbonyl (C=O) groups is 2. The maximum atomic E-state index is 12.1. The van der Waals surface area contributed by atoms with Gasteiger partial charge in [0.05, 0.1) is 28.5 Å². The highest BCUT2D eigenvalue weighted by Crippen LogP contribution is 2.36. The lowest BCUT2D eigenvalue weighted by atomic mass is 9.93. The number of halogens is 1. The molecule has 1 fully saturated rings. The van der Waals surface area contributed by atoms with E-state index < -0.39 is 12.1 Å². The van der Waals surface area contributed by atoms with Crippen LogP contribution < -0.4 is 20.7 Å². The van der Waals surface area contributed by atoms with Crippen LogP contribution in [-0.4, -0.2) is 35.8 Å². The number of anilines is 2. The van der Waals surface area contributed by atoms with E-state index in [1.54, 1.807) is 6.07 Å². The van der Waals surface area contributed by atoms with E-state index in [9.17, 15) is 14.7 Å². The second-order valence-corrected chi connectivity index (χ2v) is 6.13. The summed E-state index contributed by atoms with van der Waals surface area (Å²) < 4.78 is 5.30. The van der Waals surface area contributed by atoms with Gasteiger partial charge in [-0.05, 0) is 18.9 Å². The number of benzene rings is 1. The van der Waals surface area contributed by atoms with Gasteiger partial charge in [0.2, 0.25) is 0 Å². The molecule has 2 aliphatic rings. The third-order valence-corrected chi connectivity index (χ3v) is 4.31. The first kappa shape index (κ1) is 15.9. The Morgan fingerprint density at radius 1 is 1.35 bits per heavy atom. The number of ether oxygens (including phenoxy) is 1. The van der Waals surface area contributed by atoms with Gasteiger partial charge in [-0.2, -0.15) is 0 Å². The van der Waals surface area contributed by atoms with E-state index in [1.807, 2.05) is 0 Å². The third-order valence-electron chi connectivity index (χ3n) is 4.00. The van der Waals surface area contributed by atoms with E-state index in [4.69, 9.17) is 16.3 Å². The van der Waals surface area contributed by atoms with E-state index in [0.29, 0.717) is 23.5 Å². The monoisotopic (exact) mass is 339 g/mol. The Labute approximate surface area is 138 Å². The number of aliphatic hydroxyl groups excluding tert-OH is 1. The van der Waals surface area contributed by atoms with E-state index in [1.165, 1.54) is 6.07 Å². The van der Waals surface area contributed by atoms with Gasteiger partial charge in [-0.1, -0.05) is 24.4 Å². The first-order valence-corrected chi connectivity index (χ1v) is 7.92. The highest BCUT2D eigenvalue weighted by atomic mass is 35.5. The lowest BCUT2D eigenvalue weighted by Gasteiger charge is -2.28. The van der Waals surface area contributed by atoms with Crippen LogP contribution in [-0.2, 0) is 4.79 Å². The average Bonchev–Trinajstić information content (AvgIpc) is 2.50. The predicted molar refractivity (Wildman–Crippen MR) is 86.0 cm³/mol. The Morgan fingerprint density at radius 3 is 2.91 bits per heavy atom. The Hall–Kier alpha value is -1.99. The fraction of sp³-hybridized carbons (Fsp3) is 0.467. The first-order valence-electron chi connectivity index (χ1n) is 7.54. The van der Waals surface area contributed by atoms with Gasteiger partial charge in [0.15, 0.2) is 6.61 Å². The number of hydrogen-bond donors (Lipinski definition) is 4. The van der Waals surface area contributed by atoms with Crippen molar-refractivity contribution >= 4 is 34.9 Å². The minimum Gasteiger partial charge on any atom is -0.482 e. The number of urea groups is 1. The summed E-state index contributed by atoms with van der Waals surface area (Å²) in [6.07, 6.45) is 2.88. The quantitative estimate of drug-likeness (QED) is 0.663. The van der Waals surface area contributed by atoms with Crippen LogP contribution in [0.1, 0.15) is 25.7 Å². The van der Waals surface area contributed by atoms with Crippen LogP contribution in [0.15, 0.2) is 12.1 Å². The second kappa shape index (κ2) is 6.64. The normalized spacial score (nSPS) is 23.3. The predicted octanol–water partition coefficient (Wildman–Crippen LogP) is 2.10. The summed E-state index contributed by atoms with van der Waals surface area (Å²) in [5.41, 5.74) is 0.851. The van der Waals surface area contributed by atoms with Gasteiger partial charge in [0.25, 0.3) is 5.91 Å². The first-order chi connectivity index (χ1) is 11.0. The van der Waals surface area contributed by atoms with Crippen molar-refractivity contribution in [3.8, 4) is 5.75 Å². The molecular weight excluding hydrogens is 322 g/mol. The van der Waals surface area contributed by atoms with E-state index in [0.717, 1.165) is 19.3 Å². The van der Waals surface area contributed by atoms with Gasteiger partial charge >= 0.3 is 6.03 Å². The van der Waals surface area contributed by atoms with Crippen molar-refractivity contribution in [2.45, 2.75) is 37.8 Å². The lowest BCUT2D eigenvalue weighted by molar-refractivity contribution is -0.118. The van der Waals surface area contributed by atoms with Crippen molar-refractivity contribution < 1.29 is 19.4 Å². The summed E-state index contributed by atoms with van der Waals surface area (Å²) in [7, 11) is 0. The molecule has 2 unspecified atom stereocenters. The Kier molecular flexibility index (Phi) is 4.58. The second-order valence-electron chi connectivity index (χ2n) is 5.72. The molecule has 124 valence electrons. The van der Waals surface area contributed by atoms with Crippen molar-refractivity contribution in [3.63, 3.8) is 0 Å². The largest absolute Gasteiger partial charge is 0.482 e. The number of fused-ring (bicyclic) bond motifs is 1. The summed E-state index contributed by atoms with van der Waals surface area (Å²) in [5, 5.41) is 18.2. The summed E-state index contributed by atoms with van der Waals surface area (Å²) in [6.45, 7) is -0.0749. The van der Waals surface area contributed by atoms with Crippen molar-refractivity contribution in [2.75, 3.05) is 17.2 Å². The highest BCUT2D eigenvalue weighted by Gasteiger charge is 2.25. The fourth-order valence-electron chi connectivity index (χ4n) is 2.80. The SMILES string of the molecule is O=C1COc2cc(NC(=O)NC3CCCCC3O)c(Cl)cc2N1. The third kappa shape index (κ3) is 3.68. The van der Waals surface area contributed by atoms with E-state index >= 15 is 0 Å². The Morgan fingerprint density at radius 2 is 2.13 bits per heavy atom. The van der Waals surface area contributed by atoms with Gasteiger partial charge in [-0.25, -0.2) is 4.79 Å². The molecule has 1 aliphatic carbocycles. The fourth-order valence-corrected chi connectivity index (χ4v) is 3.01. The van der Waals surface area contributed by atoms with Crippen LogP contribution >= 0.6 is 11.6 Å². The molecule has 8 heteroatoms. The summed E-state index contributed by atoms with van der Waals surface area (Å²) in [4.78, 5) is 23.4. The van der Waals surface area contributed by atoms with Crippen LogP contribution in [0.4, 0.5) is 16.2 Å². The maximum absolute atomic E-state index is 12.1. The molecule has 0 bridgehead atoms. The topological polar surface area (TPSA) is 99.7 Å². The van der Waals surface area contributed by atoms with Crippen LogP contribution in [0.2, 0.25) is 5.02 Å².